The Hall–Kier alpha value is -1.89. The van der Waals surface area contributed by atoms with Crippen LogP contribution in [0.4, 0.5) is 4.39 Å². The lowest BCUT2D eigenvalue weighted by Crippen LogP contribution is -2.34. The van der Waals surface area contributed by atoms with Crippen LogP contribution >= 0.6 is 0 Å². The molecule has 1 rings (SSSR count). The molecule has 0 heterocycles. The van der Waals surface area contributed by atoms with Gasteiger partial charge in [-0.15, -0.1) is 0 Å². The van der Waals surface area contributed by atoms with E-state index in [4.69, 9.17) is 5.26 Å². The number of nitriles is 1. The van der Waals surface area contributed by atoms with Gasteiger partial charge in [0.25, 0.3) is 0 Å². The van der Waals surface area contributed by atoms with E-state index in [1.54, 1.807) is 26.0 Å². The van der Waals surface area contributed by atoms with Crippen molar-refractivity contribution >= 4 is 5.91 Å². The maximum Gasteiger partial charge on any atom is 0.226 e. The number of halogens is 1. The molecule has 0 fully saturated rings. The molecule has 90 valence electrons. The van der Waals surface area contributed by atoms with Crippen molar-refractivity contribution in [3.8, 4) is 6.07 Å². The lowest BCUT2D eigenvalue weighted by atomic mass is 10.0. The van der Waals surface area contributed by atoms with Gasteiger partial charge in [0.15, 0.2) is 0 Å². The van der Waals surface area contributed by atoms with Gasteiger partial charge < -0.3 is 4.90 Å². The third-order valence-electron chi connectivity index (χ3n) is 2.55. The van der Waals surface area contributed by atoms with Crippen molar-refractivity contribution in [3.05, 3.63) is 35.6 Å². The van der Waals surface area contributed by atoms with Crippen molar-refractivity contribution in [2.45, 2.75) is 19.9 Å². The monoisotopic (exact) mass is 234 g/mol. The number of nitrogens with zero attached hydrogens (tertiary/aromatic N) is 2. The highest BCUT2D eigenvalue weighted by Gasteiger charge is 2.25. The summed E-state index contributed by atoms with van der Waals surface area (Å²) in [7, 11) is 1.52. The maximum absolute atomic E-state index is 13.6. The quantitative estimate of drug-likeness (QED) is 0.806. The number of hydrogen-bond acceptors (Lipinski definition) is 2. The van der Waals surface area contributed by atoms with Crippen molar-refractivity contribution in [1.82, 2.24) is 4.90 Å². The molecule has 3 nitrogen and oxygen atoms in total. The summed E-state index contributed by atoms with van der Waals surface area (Å²) in [4.78, 5) is 13.1. The Labute approximate surface area is 100 Å². The van der Waals surface area contributed by atoms with E-state index in [9.17, 15) is 9.18 Å². The Balaban J connectivity index is 3.06. The van der Waals surface area contributed by atoms with E-state index in [-0.39, 0.29) is 17.4 Å². The molecule has 4 heteroatoms. The van der Waals surface area contributed by atoms with E-state index in [0.717, 1.165) is 0 Å². The summed E-state index contributed by atoms with van der Waals surface area (Å²) in [6.07, 6.45) is 0. The minimum Gasteiger partial charge on any atom is -0.325 e. The summed E-state index contributed by atoms with van der Waals surface area (Å²) >= 11 is 0. The molecule has 1 aromatic carbocycles. The average molecular weight is 234 g/mol. The van der Waals surface area contributed by atoms with Gasteiger partial charge in [0.05, 0.1) is 6.07 Å². The highest BCUT2D eigenvalue weighted by Crippen LogP contribution is 2.22. The molecule has 0 aromatic heterocycles. The molecule has 0 saturated carbocycles. The molecule has 0 saturated heterocycles. The summed E-state index contributed by atoms with van der Waals surface area (Å²) in [6, 6.07) is 7.09. The second-order valence-corrected chi connectivity index (χ2v) is 4.16. The normalized spacial score (nSPS) is 12.0. The smallest absolute Gasteiger partial charge is 0.226 e. The van der Waals surface area contributed by atoms with E-state index in [0.29, 0.717) is 0 Å². The third kappa shape index (κ3) is 2.82. The van der Waals surface area contributed by atoms with Crippen LogP contribution in [0.1, 0.15) is 25.5 Å². The standard InChI is InChI=1S/C13H15FN2O/c1-9(2)13(17)16(3)12(8-15)10-6-4-5-7-11(10)14/h4-7,9,12H,1-3H3. The molecule has 0 aliphatic rings. The molecule has 1 aromatic rings. The zero-order valence-corrected chi connectivity index (χ0v) is 10.1. The number of hydrogen-bond donors (Lipinski definition) is 0. The van der Waals surface area contributed by atoms with Gasteiger partial charge in [0, 0.05) is 18.5 Å². The van der Waals surface area contributed by atoms with E-state index < -0.39 is 11.9 Å². The Morgan fingerprint density at radius 3 is 2.47 bits per heavy atom. The molecule has 0 aliphatic carbocycles. The van der Waals surface area contributed by atoms with Crippen molar-refractivity contribution < 1.29 is 9.18 Å². The summed E-state index contributed by atoms with van der Waals surface area (Å²) in [5.41, 5.74) is 0.228. The first kappa shape index (κ1) is 13.2. The third-order valence-corrected chi connectivity index (χ3v) is 2.55. The van der Waals surface area contributed by atoms with Crippen molar-refractivity contribution in [2.24, 2.45) is 5.92 Å². The lowest BCUT2D eigenvalue weighted by Gasteiger charge is -2.25. The van der Waals surface area contributed by atoms with Crippen molar-refractivity contribution in [3.63, 3.8) is 0 Å². The van der Waals surface area contributed by atoms with Gasteiger partial charge in [0.2, 0.25) is 5.91 Å². The van der Waals surface area contributed by atoms with Crippen molar-refractivity contribution in [2.75, 3.05) is 7.05 Å². The first-order chi connectivity index (χ1) is 7.99. The molecular weight excluding hydrogens is 219 g/mol. The van der Waals surface area contributed by atoms with Crippen LogP contribution < -0.4 is 0 Å². The van der Waals surface area contributed by atoms with E-state index in [1.165, 1.54) is 24.1 Å². The van der Waals surface area contributed by atoms with Crippen LogP contribution in [0.25, 0.3) is 0 Å². The zero-order valence-electron chi connectivity index (χ0n) is 10.1. The van der Waals surface area contributed by atoms with Crippen LogP contribution in [-0.4, -0.2) is 17.9 Å². The van der Waals surface area contributed by atoms with Gasteiger partial charge in [-0.25, -0.2) is 4.39 Å². The first-order valence-electron chi connectivity index (χ1n) is 5.39. The Morgan fingerprint density at radius 2 is 2.00 bits per heavy atom. The van der Waals surface area contributed by atoms with Crippen LogP contribution in [0.3, 0.4) is 0 Å². The molecular formula is C13H15FN2O. The molecule has 1 atom stereocenters. The van der Waals surface area contributed by atoms with E-state index >= 15 is 0 Å². The molecule has 1 unspecified atom stereocenters. The van der Waals surface area contributed by atoms with E-state index in [2.05, 4.69) is 0 Å². The molecule has 0 radical (unpaired) electrons. The number of carbonyl (C=O) groups is 1. The van der Waals surface area contributed by atoms with Gasteiger partial charge in [-0.2, -0.15) is 5.26 Å². The number of rotatable bonds is 3. The SMILES string of the molecule is CC(C)C(=O)N(C)C(C#N)c1ccccc1F. The van der Waals surface area contributed by atoms with Crippen LogP contribution in [0, 0.1) is 23.1 Å². The van der Waals surface area contributed by atoms with Crippen LogP contribution in [-0.2, 0) is 4.79 Å². The fourth-order valence-electron chi connectivity index (χ4n) is 1.60. The number of benzene rings is 1. The fourth-order valence-corrected chi connectivity index (χ4v) is 1.60. The second kappa shape index (κ2) is 5.44. The maximum atomic E-state index is 13.6. The largest absolute Gasteiger partial charge is 0.325 e. The highest BCUT2D eigenvalue weighted by molar-refractivity contribution is 5.78. The lowest BCUT2D eigenvalue weighted by molar-refractivity contribution is -0.134. The van der Waals surface area contributed by atoms with Crippen LogP contribution in [0.2, 0.25) is 0 Å². The Morgan fingerprint density at radius 1 is 1.41 bits per heavy atom. The van der Waals surface area contributed by atoms with Crippen molar-refractivity contribution in [1.29, 1.82) is 5.26 Å². The summed E-state index contributed by atoms with van der Waals surface area (Å²) < 4.78 is 13.6. The van der Waals surface area contributed by atoms with E-state index in [1.807, 2.05) is 6.07 Å². The van der Waals surface area contributed by atoms with Gasteiger partial charge in [-0.05, 0) is 6.07 Å². The molecule has 0 aliphatic heterocycles. The molecule has 1 amide bonds. The molecule has 0 bridgehead atoms. The predicted molar refractivity (Wildman–Crippen MR) is 62.4 cm³/mol. The number of amides is 1. The van der Waals surface area contributed by atoms with Gasteiger partial charge >= 0.3 is 0 Å². The average Bonchev–Trinajstić information content (AvgIpc) is 2.31. The first-order valence-corrected chi connectivity index (χ1v) is 5.39. The predicted octanol–water partition coefficient (Wildman–Crippen LogP) is 2.50. The topological polar surface area (TPSA) is 44.1 Å². The van der Waals surface area contributed by atoms with Crippen LogP contribution in [0.15, 0.2) is 24.3 Å². The van der Waals surface area contributed by atoms with Gasteiger partial charge in [-0.3, -0.25) is 4.79 Å². The molecule has 17 heavy (non-hydrogen) atoms. The summed E-state index contributed by atoms with van der Waals surface area (Å²) in [5, 5.41) is 9.09. The van der Waals surface area contributed by atoms with Gasteiger partial charge in [-0.1, -0.05) is 32.0 Å². The highest BCUT2D eigenvalue weighted by atomic mass is 19.1. The summed E-state index contributed by atoms with van der Waals surface area (Å²) in [5.74, 6) is -0.870. The van der Waals surface area contributed by atoms with Crippen LogP contribution in [0.5, 0.6) is 0 Å². The summed E-state index contributed by atoms with van der Waals surface area (Å²) in [6.45, 7) is 3.49. The molecule has 0 N–H and O–H groups in total. The minimum atomic E-state index is -0.883. The molecule has 0 spiro atoms. The second-order valence-electron chi connectivity index (χ2n) is 4.16. The fraction of sp³-hybridized carbons (Fsp3) is 0.385. The Kier molecular flexibility index (Phi) is 4.22. The minimum absolute atomic E-state index is 0.181. The zero-order chi connectivity index (χ0) is 13.0. The van der Waals surface area contributed by atoms with Gasteiger partial charge in [0.1, 0.15) is 11.9 Å². The Bertz CT molecular complexity index is 451. The number of carbonyl (C=O) groups excluding carboxylic acids is 1.